The second-order valence-electron chi connectivity index (χ2n) is 3.58. The zero-order valence-electron chi connectivity index (χ0n) is 9.51. The van der Waals surface area contributed by atoms with Gasteiger partial charge in [0.2, 0.25) is 5.82 Å². The van der Waals surface area contributed by atoms with E-state index < -0.39 is 0 Å². The molecule has 2 heterocycles. The maximum atomic E-state index is 11.8. The SMILES string of the molecule is CN(C)c1ccncc1NC(=O)c1ncn[nH]1. The lowest BCUT2D eigenvalue weighted by Gasteiger charge is -2.16. The fourth-order valence-corrected chi connectivity index (χ4v) is 1.37. The highest BCUT2D eigenvalue weighted by Crippen LogP contribution is 2.22. The summed E-state index contributed by atoms with van der Waals surface area (Å²) in [5.74, 6) is -0.183. The molecule has 2 aromatic rings. The number of carbonyl (C=O) groups is 1. The maximum absolute atomic E-state index is 11.8. The van der Waals surface area contributed by atoms with Crippen molar-refractivity contribution in [1.29, 1.82) is 0 Å². The van der Waals surface area contributed by atoms with Gasteiger partial charge >= 0.3 is 0 Å². The van der Waals surface area contributed by atoms with Gasteiger partial charge in [0.25, 0.3) is 5.91 Å². The van der Waals surface area contributed by atoms with Crippen LogP contribution in [0.2, 0.25) is 0 Å². The molecule has 0 radical (unpaired) electrons. The molecule has 88 valence electrons. The van der Waals surface area contributed by atoms with Gasteiger partial charge in [0.15, 0.2) is 0 Å². The number of aromatic nitrogens is 4. The molecular weight excluding hydrogens is 220 g/mol. The van der Waals surface area contributed by atoms with Gasteiger partial charge in [-0.25, -0.2) is 4.98 Å². The molecule has 0 saturated carbocycles. The fraction of sp³-hybridized carbons (Fsp3) is 0.200. The molecule has 1 amide bonds. The van der Waals surface area contributed by atoms with E-state index in [1.807, 2.05) is 25.1 Å². The molecule has 7 heteroatoms. The number of pyridine rings is 1. The van der Waals surface area contributed by atoms with Gasteiger partial charge in [0.05, 0.1) is 17.6 Å². The highest BCUT2D eigenvalue weighted by Gasteiger charge is 2.12. The number of carbonyl (C=O) groups excluding carboxylic acids is 1. The average Bonchev–Trinajstić information content (AvgIpc) is 2.83. The summed E-state index contributed by atoms with van der Waals surface area (Å²) in [6.45, 7) is 0. The third-order valence-electron chi connectivity index (χ3n) is 2.16. The number of rotatable bonds is 3. The van der Waals surface area contributed by atoms with Crippen LogP contribution in [0.15, 0.2) is 24.8 Å². The van der Waals surface area contributed by atoms with Crippen LogP contribution in [0.25, 0.3) is 0 Å². The molecule has 2 N–H and O–H groups in total. The molecule has 2 rings (SSSR count). The Morgan fingerprint density at radius 1 is 1.47 bits per heavy atom. The van der Waals surface area contributed by atoms with E-state index in [0.717, 1.165) is 5.69 Å². The van der Waals surface area contributed by atoms with Gasteiger partial charge in [-0.05, 0) is 6.07 Å². The van der Waals surface area contributed by atoms with Crippen molar-refractivity contribution in [2.45, 2.75) is 0 Å². The van der Waals surface area contributed by atoms with Crippen LogP contribution in [0.3, 0.4) is 0 Å². The molecule has 0 aliphatic carbocycles. The van der Waals surface area contributed by atoms with Crippen LogP contribution < -0.4 is 10.2 Å². The number of aromatic amines is 1. The first-order valence-corrected chi connectivity index (χ1v) is 4.96. The number of nitrogens with zero attached hydrogens (tertiary/aromatic N) is 4. The summed E-state index contributed by atoms with van der Waals surface area (Å²) in [7, 11) is 3.78. The smallest absolute Gasteiger partial charge is 0.293 e. The van der Waals surface area contributed by atoms with E-state index in [2.05, 4.69) is 25.5 Å². The fourth-order valence-electron chi connectivity index (χ4n) is 1.37. The van der Waals surface area contributed by atoms with E-state index in [-0.39, 0.29) is 11.7 Å². The second-order valence-corrected chi connectivity index (χ2v) is 3.58. The molecule has 0 unspecified atom stereocenters. The highest BCUT2D eigenvalue weighted by molar-refractivity contribution is 6.03. The topological polar surface area (TPSA) is 86.8 Å². The van der Waals surface area contributed by atoms with E-state index in [1.165, 1.54) is 6.33 Å². The summed E-state index contributed by atoms with van der Waals surface area (Å²) >= 11 is 0. The molecule has 0 fully saturated rings. The molecular formula is C10H12N6O. The van der Waals surface area contributed by atoms with E-state index >= 15 is 0 Å². The molecule has 0 aromatic carbocycles. The molecule has 0 aliphatic rings. The van der Waals surface area contributed by atoms with Gasteiger partial charge < -0.3 is 10.2 Å². The molecule has 0 atom stereocenters. The lowest BCUT2D eigenvalue weighted by atomic mass is 10.3. The number of hydrogen-bond donors (Lipinski definition) is 2. The van der Waals surface area contributed by atoms with Gasteiger partial charge in [-0.15, -0.1) is 0 Å². The van der Waals surface area contributed by atoms with E-state index in [0.29, 0.717) is 5.69 Å². The normalized spacial score (nSPS) is 10.0. The molecule has 0 aliphatic heterocycles. The lowest BCUT2D eigenvalue weighted by molar-refractivity contribution is 0.101. The molecule has 0 spiro atoms. The van der Waals surface area contributed by atoms with Crippen LogP contribution in [0.1, 0.15) is 10.6 Å². The predicted molar refractivity (Wildman–Crippen MR) is 62.9 cm³/mol. The maximum Gasteiger partial charge on any atom is 0.293 e. The summed E-state index contributed by atoms with van der Waals surface area (Å²) < 4.78 is 0. The molecule has 0 saturated heterocycles. The Kier molecular flexibility index (Phi) is 2.99. The summed E-state index contributed by atoms with van der Waals surface area (Å²) in [5, 5.41) is 8.84. The highest BCUT2D eigenvalue weighted by atomic mass is 16.2. The first-order valence-electron chi connectivity index (χ1n) is 4.96. The predicted octanol–water partition coefficient (Wildman–Crippen LogP) is 0.518. The first-order chi connectivity index (χ1) is 8.18. The standard InChI is InChI=1S/C10H12N6O/c1-16(2)8-3-4-11-5-7(8)14-10(17)9-12-6-13-15-9/h3-6H,1-2H3,(H,14,17)(H,12,13,15). The third kappa shape index (κ3) is 2.39. The Morgan fingerprint density at radius 2 is 2.29 bits per heavy atom. The zero-order valence-corrected chi connectivity index (χ0v) is 9.51. The van der Waals surface area contributed by atoms with Crippen molar-refractivity contribution in [3.05, 3.63) is 30.6 Å². The molecule has 2 aromatic heterocycles. The molecule has 7 nitrogen and oxygen atoms in total. The summed E-state index contributed by atoms with van der Waals surface area (Å²) in [5.41, 5.74) is 1.49. The van der Waals surface area contributed by atoms with Crippen molar-refractivity contribution in [3.63, 3.8) is 0 Å². The second kappa shape index (κ2) is 4.60. The minimum absolute atomic E-state index is 0.165. The van der Waals surface area contributed by atoms with Crippen LogP contribution >= 0.6 is 0 Å². The Hall–Kier alpha value is -2.44. The minimum Gasteiger partial charge on any atom is -0.376 e. The zero-order chi connectivity index (χ0) is 12.3. The number of anilines is 2. The van der Waals surface area contributed by atoms with Gasteiger partial charge in [-0.1, -0.05) is 0 Å². The number of H-pyrrole nitrogens is 1. The van der Waals surface area contributed by atoms with Crippen LogP contribution in [0.4, 0.5) is 11.4 Å². The van der Waals surface area contributed by atoms with Crippen molar-refractivity contribution in [3.8, 4) is 0 Å². The van der Waals surface area contributed by atoms with Crippen molar-refractivity contribution < 1.29 is 4.79 Å². The number of amides is 1. The summed E-state index contributed by atoms with van der Waals surface area (Å²) in [4.78, 5) is 21.4. The van der Waals surface area contributed by atoms with Crippen LogP contribution in [-0.4, -0.2) is 40.2 Å². The molecule has 17 heavy (non-hydrogen) atoms. The quantitative estimate of drug-likeness (QED) is 0.805. The first kappa shape index (κ1) is 11.1. The van der Waals surface area contributed by atoms with Crippen LogP contribution in [0, 0.1) is 0 Å². The Labute approximate surface area is 97.9 Å². The minimum atomic E-state index is -0.349. The van der Waals surface area contributed by atoms with Gasteiger partial charge in [0, 0.05) is 20.3 Å². The Morgan fingerprint density at radius 3 is 2.94 bits per heavy atom. The van der Waals surface area contributed by atoms with Crippen molar-refractivity contribution in [2.75, 3.05) is 24.3 Å². The third-order valence-corrected chi connectivity index (χ3v) is 2.16. The van der Waals surface area contributed by atoms with Crippen molar-refractivity contribution in [1.82, 2.24) is 20.2 Å². The van der Waals surface area contributed by atoms with Gasteiger partial charge in [-0.3, -0.25) is 14.9 Å². The van der Waals surface area contributed by atoms with E-state index in [1.54, 1.807) is 12.4 Å². The van der Waals surface area contributed by atoms with Crippen molar-refractivity contribution in [2.24, 2.45) is 0 Å². The van der Waals surface area contributed by atoms with Crippen LogP contribution in [-0.2, 0) is 0 Å². The van der Waals surface area contributed by atoms with Gasteiger partial charge in [0.1, 0.15) is 6.33 Å². The Balaban J connectivity index is 2.22. The van der Waals surface area contributed by atoms with E-state index in [4.69, 9.17) is 0 Å². The van der Waals surface area contributed by atoms with Crippen LogP contribution in [0.5, 0.6) is 0 Å². The van der Waals surface area contributed by atoms with Gasteiger partial charge in [-0.2, -0.15) is 5.10 Å². The number of nitrogens with one attached hydrogen (secondary N) is 2. The average molecular weight is 232 g/mol. The molecule has 0 bridgehead atoms. The van der Waals surface area contributed by atoms with E-state index in [9.17, 15) is 4.79 Å². The van der Waals surface area contributed by atoms with Crippen molar-refractivity contribution >= 4 is 17.3 Å². The largest absolute Gasteiger partial charge is 0.376 e. The number of hydrogen-bond acceptors (Lipinski definition) is 5. The lowest BCUT2D eigenvalue weighted by Crippen LogP contribution is -2.18. The summed E-state index contributed by atoms with van der Waals surface area (Å²) in [6, 6.07) is 1.82. The Bertz CT molecular complexity index is 507. The summed E-state index contributed by atoms with van der Waals surface area (Å²) in [6.07, 6.45) is 4.54. The monoisotopic (exact) mass is 232 g/mol.